The van der Waals surface area contributed by atoms with Gasteiger partial charge in [-0.2, -0.15) is 0 Å². The Balaban J connectivity index is 1.37. The van der Waals surface area contributed by atoms with Crippen molar-refractivity contribution < 1.29 is 9.53 Å². The molecule has 0 aromatic carbocycles. The Morgan fingerprint density at radius 2 is 2.36 bits per heavy atom. The number of carbonyl (C=O) groups excluding carboxylic acids is 1. The van der Waals surface area contributed by atoms with Gasteiger partial charge in [0.15, 0.2) is 0 Å². The second-order valence-corrected chi connectivity index (χ2v) is 7.60. The fourth-order valence-electron chi connectivity index (χ4n) is 4.26. The molecule has 3 fully saturated rings. The molecule has 4 atom stereocenters. The van der Waals surface area contributed by atoms with E-state index in [1.54, 1.807) is 6.20 Å². The number of carbonyl (C=O) groups is 1. The zero-order valence-corrected chi connectivity index (χ0v) is 14.7. The lowest BCUT2D eigenvalue weighted by atomic mass is 9.88. The Labute approximate surface area is 148 Å². The molecule has 3 aliphatic heterocycles. The normalized spacial score (nSPS) is 35.2. The van der Waals surface area contributed by atoms with E-state index in [1.807, 2.05) is 23.1 Å². The van der Waals surface area contributed by atoms with E-state index in [-0.39, 0.29) is 23.6 Å². The van der Waals surface area contributed by atoms with Gasteiger partial charge in [-0.3, -0.25) is 10.2 Å². The number of hydrazine groups is 1. The molecule has 1 amide bonds. The Bertz CT molecular complexity index is 613. The first kappa shape index (κ1) is 16.8. The average molecular weight is 345 g/mol. The number of anilines is 1. The van der Waals surface area contributed by atoms with E-state index in [4.69, 9.17) is 4.74 Å². The molecule has 7 nitrogen and oxygen atoms in total. The maximum Gasteiger partial charge on any atom is 0.241 e. The largest absolute Gasteiger partial charge is 0.371 e. The van der Waals surface area contributed by atoms with Crippen LogP contribution in [0.25, 0.3) is 0 Å². The van der Waals surface area contributed by atoms with Gasteiger partial charge in [-0.05, 0) is 38.3 Å². The van der Waals surface area contributed by atoms with Crippen LogP contribution in [-0.4, -0.2) is 59.2 Å². The molecule has 3 aliphatic rings. The molecule has 0 saturated carbocycles. The first-order valence-corrected chi connectivity index (χ1v) is 9.25. The van der Waals surface area contributed by atoms with E-state index in [9.17, 15) is 4.79 Å². The number of piperidine rings is 1. The molecule has 3 saturated heterocycles. The van der Waals surface area contributed by atoms with Crippen LogP contribution in [0.5, 0.6) is 0 Å². The Kier molecular flexibility index (Phi) is 4.62. The van der Waals surface area contributed by atoms with Crippen molar-refractivity contribution in [2.45, 2.75) is 56.3 Å². The zero-order chi connectivity index (χ0) is 17.3. The lowest BCUT2D eigenvalue weighted by Crippen LogP contribution is -2.54. The van der Waals surface area contributed by atoms with Crippen LogP contribution < -0.4 is 16.2 Å². The van der Waals surface area contributed by atoms with Crippen molar-refractivity contribution in [3.8, 4) is 0 Å². The van der Waals surface area contributed by atoms with Crippen LogP contribution in [-0.2, 0) is 9.53 Å². The van der Waals surface area contributed by atoms with Crippen molar-refractivity contribution in [1.29, 1.82) is 0 Å². The van der Waals surface area contributed by atoms with Gasteiger partial charge in [-0.25, -0.2) is 10.4 Å². The lowest BCUT2D eigenvalue weighted by Gasteiger charge is -2.40. The highest BCUT2D eigenvalue weighted by Gasteiger charge is 2.45. The number of hydrogen-bond donors (Lipinski definition) is 3. The number of aromatic nitrogens is 1. The molecular formula is C18H27N5O2. The molecule has 0 aliphatic carbocycles. The summed E-state index contributed by atoms with van der Waals surface area (Å²) < 4.78 is 6.21. The summed E-state index contributed by atoms with van der Waals surface area (Å²) in [5.74, 6) is 1.08. The van der Waals surface area contributed by atoms with Crippen molar-refractivity contribution in [1.82, 2.24) is 20.7 Å². The molecule has 4 rings (SSSR count). The number of nitrogens with zero attached hydrogens (tertiary/aromatic N) is 2. The van der Waals surface area contributed by atoms with Crippen LogP contribution >= 0.6 is 0 Å². The number of rotatable bonds is 3. The van der Waals surface area contributed by atoms with Gasteiger partial charge in [0.1, 0.15) is 11.9 Å². The van der Waals surface area contributed by atoms with Gasteiger partial charge in [0.25, 0.3) is 0 Å². The van der Waals surface area contributed by atoms with E-state index in [0.29, 0.717) is 19.2 Å². The second kappa shape index (κ2) is 6.90. The predicted molar refractivity (Wildman–Crippen MR) is 94.9 cm³/mol. The number of nitrogens with one attached hydrogen (secondary N) is 3. The molecule has 4 heterocycles. The third kappa shape index (κ3) is 3.63. The van der Waals surface area contributed by atoms with Gasteiger partial charge in [0.05, 0.1) is 18.2 Å². The summed E-state index contributed by atoms with van der Waals surface area (Å²) in [6.07, 6.45) is 5.56. The van der Waals surface area contributed by atoms with Crippen LogP contribution in [0.3, 0.4) is 0 Å². The van der Waals surface area contributed by atoms with Crippen LogP contribution in [0.1, 0.15) is 32.6 Å². The molecule has 4 unspecified atom stereocenters. The van der Waals surface area contributed by atoms with Crippen molar-refractivity contribution in [3.05, 3.63) is 24.4 Å². The summed E-state index contributed by atoms with van der Waals surface area (Å²) in [6.45, 7) is 4.28. The van der Waals surface area contributed by atoms with Crippen LogP contribution in [0.2, 0.25) is 0 Å². The predicted octanol–water partition coefficient (Wildman–Crippen LogP) is 0.899. The van der Waals surface area contributed by atoms with Crippen molar-refractivity contribution in [2.24, 2.45) is 0 Å². The quantitative estimate of drug-likeness (QED) is 0.755. The van der Waals surface area contributed by atoms with Crippen LogP contribution in [0.15, 0.2) is 24.4 Å². The SMILES string of the molecule is CC1CC(C(=O)N2CCCC3(CC(Nc4ccccn4)CO3)C2)NN1. The summed E-state index contributed by atoms with van der Waals surface area (Å²) in [7, 11) is 0. The molecule has 0 radical (unpaired) electrons. The van der Waals surface area contributed by atoms with Crippen molar-refractivity contribution in [2.75, 3.05) is 25.0 Å². The number of pyridine rings is 1. The van der Waals surface area contributed by atoms with E-state index < -0.39 is 0 Å². The average Bonchev–Trinajstić information content (AvgIpc) is 3.22. The maximum atomic E-state index is 12.8. The number of hydrogen-bond acceptors (Lipinski definition) is 6. The monoisotopic (exact) mass is 345 g/mol. The van der Waals surface area contributed by atoms with Gasteiger partial charge in [0.2, 0.25) is 5.91 Å². The minimum Gasteiger partial charge on any atom is -0.371 e. The molecular weight excluding hydrogens is 318 g/mol. The smallest absolute Gasteiger partial charge is 0.241 e. The Hall–Kier alpha value is -1.70. The maximum absolute atomic E-state index is 12.8. The van der Waals surface area contributed by atoms with Gasteiger partial charge in [0, 0.05) is 31.7 Å². The van der Waals surface area contributed by atoms with Gasteiger partial charge < -0.3 is 15.0 Å². The standard InChI is InChI=1S/C18H27N5O2/c1-13-9-15(22-21-13)17(24)23-8-4-6-18(12-23)10-14(11-25-18)20-16-5-2-3-7-19-16/h2-3,5,7,13-15,21-22H,4,6,8-12H2,1H3,(H,19,20). The van der Waals surface area contributed by atoms with E-state index in [0.717, 1.165) is 38.0 Å². The molecule has 0 bridgehead atoms. The first-order valence-electron chi connectivity index (χ1n) is 9.25. The minimum absolute atomic E-state index is 0.117. The lowest BCUT2D eigenvalue weighted by molar-refractivity contribution is -0.141. The molecule has 25 heavy (non-hydrogen) atoms. The van der Waals surface area contributed by atoms with E-state index in [2.05, 4.69) is 28.1 Å². The highest BCUT2D eigenvalue weighted by molar-refractivity contribution is 5.82. The van der Waals surface area contributed by atoms with E-state index >= 15 is 0 Å². The molecule has 1 aromatic rings. The molecule has 1 spiro atoms. The Morgan fingerprint density at radius 1 is 1.44 bits per heavy atom. The zero-order valence-electron chi connectivity index (χ0n) is 14.7. The summed E-state index contributed by atoms with van der Waals surface area (Å²) in [5.41, 5.74) is 6.05. The highest BCUT2D eigenvalue weighted by Crippen LogP contribution is 2.36. The summed E-state index contributed by atoms with van der Waals surface area (Å²) in [4.78, 5) is 19.1. The molecule has 136 valence electrons. The van der Waals surface area contributed by atoms with Crippen LogP contribution in [0.4, 0.5) is 5.82 Å². The van der Waals surface area contributed by atoms with Gasteiger partial charge >= 0.3 is 0 Å². The Morgan fingerprint density at radius 3 is 3.12 bits per heavy atom. The molecule has 7 heteroatoms. The molecule has 1 aromatic heterocycles. The van der Waals surface area contributed by atoms with E-state index in [1.165, 1.54) is 0 Å². The summed E-state index contributed by atoms with van der Waals surface area (Å²) in [6, 6.07) is 6.33. The van der Waals surface area contributed by atoms with Gasteiger partial charge in [-0.15, -0.1) is 0 Å². The molecule has 3 N–H and O–H groups in total. The second-order valence-electron chi connectivity index (χ2n) is 7.60. The minimum atomic E-state index is -0.210. The van der Waals surface area contributed by atoms with Crippen LogP contribution in [0, 0.1) is 0 Å². The fraction of sp³-hybridized carbons (Fsp3) is 0.667. The highest BCUT2D eigenvalue weighted by atomic mass is 16.5. The summed E-state index contributed by atoms with van der Waals surface area (Å²) >= 11 is 0. The number of likely N-dealkylation sites (tertiary alicyclic amines) is 1. The van der Waals surface area contributed by atoms with Gasteiger partial charge in [-0.1, -0.05) is 6.07 Å². The van der Waals surface area contributed by atoms with Crippen molar-refractivity contribution >= 4 is 11.7 Å². The number of amides is 1. The first-order chi connectivity index (χ1) is 12.1. The fourth-order valence-corrected chi connectivity index (χ4v) is 4.26. The summed E-state index contributed by atoms with van der Waals surface area (Å²) in [5, 5.41) is 3.46. The topological polar surface area (TPSA) is 78.5 Å². The third-order valence-electron chi connectivity index (χ3n) is 5.47. The number of ether oxygens (including phenoxy) is 1. The van der Waals surface area contributed by atoms with Crippen molar-refractivity contribution in [3.63, 3.8) is 0 Å². The third-order valence-corrected chi connectivity index (χ3v) is 5.47.